The van der Waals surface area contributed by atoms with E-state index in [1.807, 2.05) is 61.5 Å². The van der Waals surface area contributed by atoms with Gasteiger partial charge >= 0.3 is 0 Å². The van der Waals surface area contributed by atoms with Crippen molar-refractivity contribution in [1.29, 1.82) is 0 Å². The summed E-state index contributed by atoms with van der Waals surface area (Å²) in [5.74, 6) is -0.374. The molecule has 0 radical (unpaired) electrons. The van der Waals surface area contributed by atoms with Crippen LogP contribution in [0.2, 0.25) is 0 Å². The van der Waals surface area contributed by atoms with Crippen molar-refractivity contribution in [3.63, 3.8) is 0 Å². The molecule has 0 bridgehead atoms. The molecule has 0 saturated carbocycles. The number of anilines is 1. The maximum absolute atomic E-state index is 13.3. The topological polar surface area (TPSA) is 66.5 Å². The predicted octanol–water partition coefficient (Wildman–Crippen LogP) is 4.06. The number of rotatable bonds is 7. The molecule has 0 spiro atoms. The van der Waals surface area contributed by atoms with E-state index >= 15 is 0 Å². The molecule has 0 aliphatic heterocycles. The van der Waals surface area contributed by atoms with Gasteiger partial charge in [-0.25, -0.2) is 8.42 Å². The zero-order valence-electron chi connectivity index (χ0n) is 17.3. The van der Waals surface area contributed by atoms with Gasteiger partial charge in [-0.3, -0.25) is 9.10 Å². The summed E-state index contributed by atoms with van der Waals surface area (Å²) in [5, 5.41) is 3.07. The smallest absolute Gasteiger partial charge is 0.244 e. The number of hydrogen-bond donors (Lipinski definition) is 1. The van der Waals surface area contributed by atoms with Gasteiger partial charge in [0.25, 0.3) is 0 Å². The van der Waals surface area contributed by atoms with Crippen LogP contribution in [0.1, 0.15) is 29.7 Å². The van der Waals surface area contributed by atoms with Crippen molar-refractivity contribution < 1.29 is 13.2 Å². The van der Waals surface area contributed by atoms with Gasteiger partial charge < -0.3 is 5.32 Å². The Bertz CT molecular complexity index is 1100. The molecule has 3 aromatic rings. The average molecular weight is 423 g/mol. The van der Waals surface area contributed by atoms with E-state index in [2.05, 4.69) is 5.32 Å². The lowest BCUT2D eigenvalue weighted by Gasteiger charge is -2.30. The summed E-state index contributed by atoms with van der Waals surface area (Å²) in [6.07, 6.45) is 1.11. The van der Waals surface area contributed by atoms with Crippen molar-refractivity contribution >= 4 is 21.6 Å². The van der Waals surface area contributed by atoms with Crippen LogP contribution in [0.5, 0.6) is 0 Å². The SMILES string of the molecule is Cc1ccccc1[C@H](NC(=O)[C@@H](C)N(c1ccccc1)S(C)(=O)=O)c1ccccc1. The number of hydrogen-bond acceptors (Lipinski definition) is 3. The molecule has 5 nitrogen and oxygen atoms in total. The molecule has 0 unspecified atom stereocenters. The fourth-order valence-electron chi connectivity index (χ4n) is 3.54. The summed E-state index contributed by atoms with van der Waals surface area (Å²) in [4.78, 5) is 13.3. The van der Waals surface area contributed by atoms with Gasteiger partial charge in [-0.05, 0) is 42.7 Å². The zero-order chi connectivity index (χ0) is 21.7. The molecular formula is C24H26N2O3S. The van der Waals surface area contributed by atoms with Crippen LogP contribution in [0.3, 0.4) is 0 Å². The first-order valence-corrected chi connectivity index (χ1v) is 11.6. The van der Waals surface area contributed by atoms with Crippen LogP contribution in [0.15, 0.2) is 84.9 Å². The number of nitrogens with one attached hydrogen (secondary N) is 1. The summed E-state index contributed by atoms with van der Waals surface area (Å²) in [6.45, 7) is 3.59. The van der Waals surface area contributed by atoms with Gasteiger partial charge in [0.15, 0.2) is 0 Å². The number of nitrogens with zero attached hydrogens (tertiary/aromatic N) is 1. The largest absolute Gasteiger partial charge is 0.343 e. The third-order valence-corrected chi connectivity index (χ3v) is 6.26. The van der Waals surface area contributed by atoms with Crippen LogP contribution in [0.25, 0.3) is 0 Å². The molecule has 0 fully saturated rings. The molecule has 1 amide bonds. The first-order valence-electron chi connectivity index (χ1n) is 9.74. The van der Waals surface area contributed by atoms with E-state index in [0.29, 0.717) is 5.69 Å². The van der Waals surface area contributed by atoms with Gasteiger partial charge in [-0.1, -0.05) is 72.8 Å². The van der Waals surface area contributed by atoms with Gasteiger partial charge in [0.1, 0.15) is 6.04 Å². The van der Waals surface area contributed by atoms with Crippen molar-refractivity contribution in [2.75, 3.05) is 10.6 Å². The normalized spacial score (nSPS) is 13.3. The number of carbonyl (C=O) groups excluding carboxylic acids is 1. The fourth-order valence-corrected chi connectivity index (χ4v) is 4.72. The van der Waals surface area contributed by atoms with E-state index in [-0.39, 0.29) is 11.9 Å². The molecule has 0 heterocycles. The van der Waals surface area contributed by atoms with E-state index in [1.54, 1.807) is 37.3 Å². The summed E-state index contributed by atoms with van der Waals surface area (Å²) in [5.41, 5.74) is 3.39. The third kappa shape index (κ3) is 4.89. The molecule has 3 rings (SSSR count). The second-order valence-electron chi connectivity index (χ2n) is 7.28. The summed E-state index contributed by atoms with van der Waals surface area (Å²) >= 11 is 0. The van der Waals surface area contributed by atoms with Gasteiger partial charge in [0.2, 0.25) is 15.9 Å². The fraction of sp³-hybridized carbons (Fsp3) is 0.208. The first kappa shape index (κ1) is 21.6. The van der Waals surface area contributed by atoms with Crippen LogP contribution < -0.4 is 9.62 Å². The molecule has 0 aromatic heterocycles. The highest BCUT2D eigenvalue weighted by molar-refractivity contribution is 7.92. The van der Waals surface area contributed by atoms with E-state index in [9.17, 15) is 13.2 Å². The maximum atomic E-state index is 13.3. The highest BCUT2D eigenvalue weighted by Gasteiger charge is 2.31. The summed E-state index contributed by atoms with van der Waals surface area (Å²) in [6, 6.07) is 24.9. The minimum Gasteiger partial charge on any atom is -0.343 e. The molecule has 6 heteroatoms. The number of benzene rings is 3. The molecule has 30 heavy (non-hydrogen) atoms. The van der Waals surface area contributed by atoms with Gasteiger partial charge in [0.05, 0.1) is 18.0 Å². The lowest BCUT2D eigenvalue weighted by atomic mass is 9.94. The average Bonchev–Trinajstić information content (AvgIpc) is 2.73. The monoisotopic (exact) mass is 422 g/mol. The molecule has 0 aliphatic carbocycles. The standard InChI is InChI=1S/C24H26N2O3S/c1-18-12-10-11-17-22(18)23(20-13-6-4-7-14-20)25-24(27)19(2)26(30(3,28)29)21-15-8-5-9-16-21/h4-17,19,23H,1-3H3,(H,25,27)/t19-,23-/m1/s1. The molecule has 1 N–H and O–H groups in total. The Labute approximate surface area is 178 Å². The number of para-hydroxylation sites is 1. The van der Waals surface area contributed by atoms with Crippen LogP contribution in [0, 0.1) is 6.92 Å². The van der Waals surface area contributed by atoms with Gasteiger partial charge in [0, 0.05) is 0 Å². The lowest BCUT2D eigenvalue weighted by Crippen LogP contribution is -2.48. The molecule has 156 valence electrons. The molecule has 0 saturated heterocycles. The Morgan fingerprint density at radius 1 is 0.867 bits per heavy atom. The number of sulfonamides is 1. The molecular weight excluding hydrogens is 396 g/mol. The van der Waals surface area contributed by atoms with E-state index in [0.717, 1.165) is 27.3 Å². The summed E-state index contributed by atoms with van der Waals surface area (Å²) < 4.78 is 26.2. The number of amides is 1. The molecule has 0 aliphatic rings. The maximum Gasteiger partial charge on any atom is 0.244 e. The van der Waals surface area contributed by atoms with E-state index in [1.165, 1.54) is 0 Å². The van der Waals surface area contributed by atoms with E-state index < -0.39 is 16.1 Å². The van der Waals surface area contributed by atoms with Crippen molar-refractivity contribution in [2.45, 2.75) is 25.9 Å². The molecule has 2 atom stereocenters. The summed E-state index contributed by atoms with van der Waals surface area (Å²) in [7, 11) is -3.66. The van der Waals surface area contributed by atoms with Crippen LogP contribution in [0.4, 0.5) is 5.69 Å². The lowest BCUT2D eigenvalue weighted by molar-refractivity contribution is -0.122. The quantitative estimate of drug-likeness (QED) is 0.625. The third-order valence-electron chi connectivity index (χ3n) is 5.02. The predicted molar refractivity (Wildman–Crippen MR) is 121 cm³/mol. The Kier molecular flexibility index (Phi) is 6.57. The Balaban J connectivity index is 1.96. The highest BCUT2D eigenvalue weighted by atomic mass is 32.2. The Hall–Kier alpha value is -3.12. The highest BCUT2D eigenvalue weighted by Crippen LogP contribution is 2.26. The Morgan fingerprint density at radius 2 is 1.40 bits per heavy atom. The van der Waals surface area contributed by atoms with E-state index in [4.69, 9.17) is 0 Å². The van der Waals surface area contributed by atoms with Crippen LogP contribution in [-0.4, -0.2) is 26.6 Å². The van der Waals surface area contributed by atoms with Gasteiger partial charge in [-0.15, -0.1) is 0 Å². The van der Waals surface area contributed by atoms with Crippen molar-refractivity contribution in [2.24, 2.45) is 0 Å². The minimum atomic E-state index is -3.66. The van der Waals surface area contributed by atoms with Crippen LogP contribution >= 0.6 is 0 Å². The number of carbonyl (C=O) groups is 1. The minimum absolute atomic E-state index is 0.374. The first-order chi connectivity index (χ1) is 14.3. The second kappa shape index (κ2) is 9.13. The van der Waals surface area contributed by atoms with Crippen molar-refractivity contribution in [1.82, 2.24) is 5.32 Å². The zero-order valence-corrected chi connectivity index (χ0v) is 18.1. The number of aryl methyl sites for hydroxylation is 1. The Morgan fingerprint density at radius 3 is 1.97 bits per heavy atom. The van der Waals surface area contributed by atoms with Crippen molar-refractivity contribution in [3.05, 3.63) is 102 Å². The van der Waals surface area contributed by atoms with Crippen LogP contribution in [-0.2, 0) is 14.8 Å². The molecule has 3 aromatic carbocycles. The van der Waals surface area contributed by atoms with Gasteiger partial charge in [-0.2, -0.15) is 0 Å². The van der Waals surface area contributed by atoms with Crippen molar-refractivity contribution in [3.8, 4) is 0 Å². The second-order valence-corrected chi connectivity index (χ2v) is 9.14.